The van der Waals surface area contributed by atoms with Crippen LogP contribution in [0.1, 0.15) is 29.0 Å². The monoisotopic (exact) mass is 511 g/mol. The number of nitrogens with one attached hydrogen (secondary N) is 3. The number of aryl methyl sites for hydroxylation is 1. The average molecular weight is 512 g/mol. The van der Waals surface area contributed by atoms with E-state index in [1.165, 1.54) is 7.11 Å². The first-order chi connectivity index (χ1) is 18.6. The quantitative estimate of drug-likeness (QED) is 0.377. The van der Waals surface area contributed by atoms with Gasteiger partial charge in [-0.3, -0.25) is 4.79 Å². The molecule has 3 atom stereocenters. The number of hydrogen-bond donors (Lipinski definition) is 3. The highest BCUT2D eigenvalue weighted by Gasteiger charge is 2.33. The second kappa shape index (κ2) is 13.4. The number of carbonyl (C=O) groups is 2. The lowest BCUT2D eigenvalue weighted by atomic mass is 9.84. The molecule has 196 valence electrons. The van der Waals surface area contributed by atoms with Gasteiger partial charge in [0.05, 0.1) is 13.2 Å². The van der Waals surface area contributed by atoms with Gasteiger partial charge in [-0.2, -0.15) is 0 Å². The molecule has 0 radical (unpaired) electrons. The molecule has 0 aromatic heterocycles. The number of carbonyl (C=O) groups excluding carboxylic acids is 2. The minimum atomic E-state index is -0.928. The van der Waals surface area contributed by atoms with E-state index in [4.69, 9.17) is 15.9 Å². The van der Waals surface area contributed by atoms with Crippen LogP contribution in [-0.2, 0) is 20.7 Å². The number of morpholine rings is 1. The van der Waals surface area contributed by atoms with Crippen LogP contribution < -0.4 is 16.0 Å². The highest BCUT2D eigenvalue weighted by atomic mass is 16.5. The summed E-state index contributed by atoms with van der Waals surface area (Å²) in [5, 5.41) is 9.16. The lowest BCUT2D eigenvalue weighted by molar-refractivity contribution is -0.118. The molecular weight excluding hydrogens is 478 g/mol. The van der Waals surface area contributed by atoms with Crippen molar-refractivity contribution in [3.8, 4) is 12.3 Å². The topological polar surface area (TPSA) is 88.7 Å². The number of methoxy groups -OCH3 is 1. The lowest BCUT2D eigenvalue weighted by Gasteiger charge is -2.29. The number of hydrogen-bond acceptors (Lipinski definition) is 5. The molecule has 1 unspecified atom stereocenters. The molecule has 3 N–H and O–H groups in total. The first-order valence-electron chi connectivity index (χ1n) is 12.7. The van der Waals surface area contributed by atoms with E-state index in [1.54, 1.807) is 0 Å². The van der Waals surface area contributed by atoms with Crippen LogP contribution in [0.3, 0.4) is 0 Å². The highest BCUT2D eigenvalue weighted by Crippen LogP contribution is 2.30. The minimum absolute atomic E-state index is 0.0113. The summed E-state index contributed by atoms with van der Waals surface area (Å²) in [6.07, 6.45) is 6.04. The standard InChI is InChI=1S/C31H33N3O4/c1-3-25-20-32-21-26(38-25)19-18-22-12-10-11-17-27(22)33-30(35)29(34-31(36)37-2)28(23-13-6-4-7-14-23)24-15-8-5-9-16-24/h1,4-17,25-26,28-29,32H,18-21H2,2H3,(H,33,35)(H,34,36)/t25-,26+,29?/m0/s1. The maximum Gasteiger partial charge on any atom is 0.407 e. The van der Waals surface area contributed by atoms with Crippen molar-refractivity contribution in [2.24, 2.45) is 0 Å². The van der Waals surface area contributed by atoms with Crippen molar-refractivity contribution < 1.29 is 19.1 Å². The molecule has 0 aliphatic carbocycles. The van der Waals surface area contributed by atoms with Crippen LogP contribution in [0.2, 0.25) is 0 Å². The molecule has 0 bridgehead atoms. The Bertz CT molecular complexity index is 1200. The molecule has 0 saturated carbocycles. The first kappa shape index (κ1) is 26.9. The zero-order valence-electron chi connectivity index (χ0n) is 21.4. The Labute approximate surface area is 223 Å². The van der Waals surface area contributed by atoms with E-state index < -0.39 is 18.1 Å². The van der Waals surface area contributed by atoms with Gasteiger partial charge >= 0.3 is 6.09 Å². The predicted molar refractivity (Wildman–Crippen MR) is 148 cm³/mol. The molecule has 1 aliphatic rings. The lowest BCUT2D eigenvalue weighted by Crippen LogP contribution is -2.48. The summed E-state index contributed by atoms with van der Waals surface area (Å²) in [6.45, 7) is 1.38. The summed E-state index contributed by atoms with van der Waals surface area (Å²) in [6, 6.07) is 26.1. The van der Waals surface area contributed by atoms with Crippen LogP contribution in [0.4, 0.5) is 10.5 Å². The van der Waals surface area contributed by atoms with Crippen LogP contribution in [0.25, 0.3) is 0 Å². The number of para-hydroxylation sites is 1. The Morgan fingerprint density at radius 1 is 1.00 bits per heavy atom. The smallest absolute Gasteiger partial charge is 0.407 e. The Morgan fingerprint density at radius 3 is 2.26 bits per heavy atom. The SMILES string of the molecule is C#C[C@H]1CNC[C@@H](CCc2ccccc2NC(=O)C(NC(=O)OC)C(c2ccccc2)c2ccccc2)O1. The predicted octanol–water partition coefficient (Wildman–Crippen LogP) is 4.10. The Hall–Kier alpha value is -4.12. The summed E-state index contributed by atoms with van der Waals surface area (Å²) in [5.74, 6) is 1.87. The summed E-state index contributed by atoms with van der Waals surface area (Å²) in [7, 11) is 1.28. The van der Waals surface area contributed by atoms with Gasteiger partial charge in [-0.15, -0.1) is 6.42 Å². The van der Waals surface area contributed by atoms with Crippen molar-refractivity contribution in [2.75, 3.05) is 25.5 Å². The molecule has 0 spiro atoms. The van der Waals surface area contributed by atoms with Gasteiger partial charge in [-0.25, -0.2) is 4.79 Å². The Kier molecular flexibility index (Phi) is 9.52. The number of amides is 2. The fourth-order valence-electron chi connectivity index (χ4n) is 4.74. The van der Waals surface area contributed by atoms with Gasteiger partial charge in [-0.05, 0) is 35.6 Å². The van der Waals surface area contributed by atoms with E-state index >= 15 is 0 Å². The van der Waals surface area contributed by atoms with Crippen LogP contribution in [0, 0.1) is 12.3 Å². The van der Waals surface area contributed by atoms with Crippen molar-refractivity contribution in [2.45, 2.75) is 37.0 Å². The Balaban J connectivity index is 1.58. The van der Waals surface area contributed by atoms with Gasteiger partial charge < -0.3 is 25.4 Å². The van der Waals surface area contributed by atoms with Gasteiger partial charge in [0, 0.05) is 24.7 Å². The minimum Gasteiger partial charge on any atom is -0.453 e. The zero-order chi connectivity index (χ0) is 26.7. The van der Waals surface area contributed by atoms with Crippen molar-refractivity contribution in [3.63, 3.8) is 0 Å². The summed E-state index contributed by atoms with van der Waals surface area (Å²) in [5.41, 5.74) is 3.45. The van der Waals surface area contributed by atoms with Crippen molar-refractivity contribution >= 4 is 17.7 Å². The largest absolute Gasteiger partial charge is 0.453 e. The van der Waals surface area contributed by atoms with Crippen LogP contribution in [0.5, 0.6) is 0 Å². The molecule has 4 rings (SSSR count). The second-order valence-corrected chi connectivity index (χ2v) is 9.17. The van der Waals surface area contributed by atoms with Crippen molar-refractivity contribution in [1.29, 1.82) is 0 Å². The molecule has 1 fully saturated rings. The van der Waals surface area contributed by atoms with Gasteiger partial charge in [0.1, 0.15) is 12.1 Å². The molecule has 1 saturated heterocycles. The zero-order valence-corrected chi connectivity index (χ0v) is 21.4. The molecule has 7 nitrogen and oxygen atoms in total. The fraction of sp³-hybridized carbons (Fsp3) is 0.290. The third kappa shape index (κ3) is 7.00. The number of rotatable bonds is 9. The normalized spacial score (nSPS) is 17.7. The molecule has 3 aromatic rings. The van der Waals surface area contributed by atoms with E-state index in [0.717, 1.165) is 29.7 Å². The molecule has 3 aromatic carbocycles. The van der Waals surface area contributed by atoms with E-state index in [9.17, 15) is 9.59 Å². The molecule has 7 heteroatoms. The van der Waals surface area contributed by atoms with Gasteiger partial charge in [-0.1, -0.05) is 84.8 Å². The highest BCUT2D eigenvalue weighted by molar-refractivity contribution is 5.98. The summed E-state index contributed by atoms with van der Waals surface area (Å²) in [4.78, 5) is 26.2. The van der Waals surface area contributed by atoms with Crippen molar-refractivity contribution in [3.05, 3.63) is 102 Å². The van der Waals surface area contributed by atoms with Crippen molar-refractivity contribution in [1.82, 2.24) is 10.6 Å². The van der Waals surface area contributed by atoms with Gasteiger partial charge in [0.25, 0.3) is 0 Å². The number of alkyl carbamates (subject to hydrolysis) is 1. The molecule has 2 amide bonds. The third-order valence-electron chi connectivity index (χ3n) is 6.65. The van der Waals surface area contributed by atoms with E-state index in [-0.39, 0.29) is 18.1 Å². The number of benzene rings is 3. The van der Waals surface area contributed by atoms with Crippen LogP contribution >= 0.6 is 0 Å². The molecule has 1 aliphatic heterocycles. The van der Waals surface area contributed by atoms with Crippen LogP contribution in [-0.4, -0.2) is 50.4 Å². The van der Waals surface area contributed by atoms with Crippen LogP contribution in [0.15, 0.2) is 84.9 Å². The molecular formula is C31H33N3O4. The number of terminal acetylenes is 1. The second-order valence-electron chi connectivity index (χ2n) is 9.17. The number of ether oxygens (including phenoxy) is 2. The summed E-state index contributed by atoms with van der Waals surface area (Å²) >= 11 is 0. The fourth-order valence-corrected chi connectivity index (χ4v) is 4.74. The average Bonchev–Trinajstić information content (AvgIpc) is 2.97. The maximum atomic E-state index is 13.9. The Morgan fingerprint density at radius 2 is 1.63 bits per heavy atom. The number of anilines is 1. The van der Waals surface area contributed by atoms with E-state index in [1.807, 2.05) is 84.9 Å². The maximum absolute atomic E-state index is 13.9. The molecule has 38 heavy (non-hydrogen) atoms. The molecule has 1 heterocycles. The van der Waals surface area contributed by atoms with Gasteiger partial charge in [0.2, 0.25) is 5.91 Å². The first-order valence-corrected chi connectivity index (χ1v) is 12.7. The third-order valence-corrected chi connectivity index (χ3v) is 6.65. The van der Waals surface area contributed by atoms with E-state index in [2.05, 4.69) is 21.9 Å². The summed E-state index contributed by atoms with van der Waals surface area (Å²) < 4.78 is 10.8. The van der Waals surface area contributed by atoms with E-state index in [0.29, 0.717) is 18.7 Å². The van der Waals surface area contributed by atoms with Gasteiger partial charge in [0.15, 0.2) is 0 Å².